The lowest BCUT2D eigenvalue weighted by atomic mass is 9.90. The fourth-order valence-electron chi connectivity index (χ4n) is 3.19. The van der Waals surface area contributed by atoms with Gasteiger partial charge in [0.2, 0.25) is 5.91 Å². The Morgan fingerprint density at radius 2 is 1.55 bits per heavy atom. The Bertz CT molecular complexity index is 1020. The number of hydrogen-bond donors (Lipinski definition) is 4. The minimum absolute atomic E-state index is 0.0646. The maximum atomic E-state index is 12.9. The number of amides is 2. The zero-order chi connectivity index (χ0) is 22.2. The van der Waals surface area contributed by atoms with E-state index in [4.69, 9.17) is 0 Å². The minimum Gasteiger partial charge on any atom is -0.508 e. The molecule has 2 amide bonds. The summed E-state index contributed by atoms with van der Waals surface area (Å²) in [5, 5.41) is 25.8. The normalized spacial score (nSPS) is 10.9. The van der Waals surface area contributed by atoms with Crippen LogP contribution in [0.4, 0.5) is 0 Å². The molecular formula is C24H23N3O4. The molecule has 0 radical (unpaired) electrons. The third-order valence-electron chi connectivity index (χ3n) is 4.68. The summed E-state index contributed by atoms with van der Waals surface area (Å²) in [7, 11) is 0. The first-order valence-electron chi connectivity index (χ1n) is 9.68. The molecule has 0 fully saturated rings. The van der Waals surface area contributed by atoms with E-state index in [0.29, 0.717) is 11.1 Å². The van der Waals surface area contributed by atoms with E-state index in [1.54, 1.807) is 6.92 Å². The molecule has 0 heterocycles. The van der Waals surface area contributed by atoms with Crippen molar-refractivity contribution in [2.75, 3.05) is 6.54 Å². The van der Waals surface area contributed by atoms with E-state index in [0.717, 1.165) is 11.1 Å². The molecule has 0 saturated carbocycles. The van der Waals surface area contributed by atoms with Gasteiger partial charge in [0.25, 0.3) is 5.91 Å². The SMILES string of the molecule is Cc1cc(O)cc(O)c1/C=N\NC(=O)CNC(=O)C(c1ccccc1)c1ccccc1. The van der Waals surface area contributed by atoms with Crippen molar-refractivity contribution in [2.45, 2.75) is 12.8 Å². The molecule has 0 spiro atoms. The second-order valence-electron chi connectivity index (χ2n) is 6.96. The number of phenols is 2. The average Bonchev–Trinajstić information content (AvgIpc) is 2.76. The highest BCUT2D eigenvalue weighted by Gasteiger charge is 2.22. The van der Waals surface area contributed by atoms with Crippen LogP contribution in [0.5, 0.6) is 11.5 Å². The second-order valence-corrected chi connectivity index (χ2v) is 6.96. The predicted octanol–water partition coefficient (Wildman–Crippen LogP) is 2.80. The van der Waals surface area contributed by atoms with Crippen LogP contribution in [0.25, 0.3) is 0 Å². The van der Waals surface area contributed by atoms with Crippen LogP contribution in [0.3, 0.4) is 0 Å². The highest BCUT2D eigenvalue weighted by atomic mass is 16.3. The molecule has 3 aromatic carbocycles. The van der Waals surface area contributed by atoms with Crippen molar-refractivity contribution in [1.29, 1.82) is 0 Å². The molecule has 0 unspecified atom stereocenters. The van der Waals surface area contributed by atoms with Gasteiger partial charge in [0, 0.05) is 11.6 Å². The van der Waals surface area contributed by atoms with E-state index in [2.05, 4.69) is 15.8 Å². The number of nitrogens with one attached hydrogen (secondary N) is 2. The highest BCUT2D eigenvalue weighted by Crippen LogP contribution is 2.25. The van der Waals surface area contributed by atoms with Gasteiger partial charge in [-0.2, -0.15) is 5.10 Å². The zero-order valence-electron chi connectivity index (χ0n) is 16.9. The van der Waals surface area contributed by atoms with Crippen LogP contribution >= 0.6 is 0 Å². The fourth-order valence-corrected chi connectivity index (χ4v) is 3.19. The van der Waals surface area contributed by atoms with Crippen LogP contribution < -0.4 is 10.7 Å². The Morgan fingerprint density at radius 3 is 2.10 bits per heavy atom. The summed E-state index contributed by atoms with van der Waals surface area (Å²) >= 11 is 0. The molecule has 0 aromatic heterocycles. The number of aryl methyl sites for hydroxylation is 1. The van der Waals surface area contributed by atoms with Crippen molar-refractivity contribution < 1.29 is 19.8 Å². The highest BCUT2D eigenvalue weighted by molar-refractivity contribution is 5.91. The predicted molar refractivity (Wildman–Crippen MR) is 118 cm³/mol. The Balaban J connectivity index is 1.63. The lowest BCUT2D eigenvalue weighted by molar-refractivity contribution is -0.126. The average molecular weight is 417 g/mol. The number of carbonyl (C=O) groups is 2. The molecule has 4 N–H and O–H groups in total. The molecule has 0 aliphatic rings. The maximum absolute atomic E-state index is 12.9. The van der Waals surface area contributed by atoms with Gasteiger partial charge in [0.05, 0.1) is 18.7 Å². The maximum Gasteiger partial charge on any atom is 0.259 e. The molecule has 0 saturated heterocycles. The third kappa shape index (κ3) is 5.70. The smallest absolute Gasteiger partial charge is 0.259 e. The summed E-state index contributed by atoms with van der Waals surface area (Å²) in [5.41, 5.74) is 4.93. The second kappa shape index (κ2) is 10.1. The number of rotatable bonds is 7. The van der Waals surface area contributed by atoms with E-state index >= 15 is 0 Å². The largest absolute Gasteiger partial charge is 0.508 e. The number of nitrogens with zero attached hydrogens (tertiary/aromatic N) is 1. The first-order valence-corrected chi connectivity index (χ1v) is 9.68. The van der Waals surface area contributed by atoms with Crippen LogP contribution in [0.15, 0.2) is 77.9 Å². The first kappa shape index (κ1) is 21.6. The molecule has 3 rings (SSSR count). The van der Waals surface area contributed by atoms with E-state index in [1.807, 2.05) is 60.7 Å². The number of hydrogen-bond acceptors (Lipinski definition) is 5. The van der Waals surface area contributed by atoms with Crippen molar-refractivity contribution in [1.82, 2.24) is 10.7 Å². The van der Waals surface area contributed by atoms with E-state index in [9.17, 15) is 19.8 Å². The van der Waals surface area contributed by atoms with Gasteiger partial charge in [0.1, 0.15) is 11.5 Å². The van der Waals surface area contributed by atoms with Crippen molar-refractivity contribution in [3.05, 3.63) is 95.1 Å². The molecule has 0 bridgehead atoms. The van der Waals surface area contributed by atoms with Crippen LogP contribution in [0, 0.1) is 6.92 Å². The molecular weight excluding hydrogens is 394 g/mol. The van der Waals surface area contributed by atoms with Crippen molar-refractivity contribution >= 4 is 18.0 Å². The number of phenolic OH excluding ortho intramolecular Hbond substituents is 2. The molecule has 0 atom stereocenters. The van der Waals surface area contributed by atoms with Gasteiger partial charge in [-0.3, -0.25) is 9.59 Å². The van der Waals surface area contributed by atoms with Crippen LogP contribution in [-0.2, 0) is 9.59 Å². The lowest BCUT2D eigenvalue weighted by Gasteiger charge is -2.17. The summed E-state index contributed by atoms with van der Waals surface area (Å²) in [5.74, 6) is -1.58. The Hall–Kier alpha value is -4.13. The fraction of sp³-hybridized carbons (Fsp3) is 0.125. The molecule has 0 aliphatic carbocycles. The number of hydrazone groups is 1. The Kier molecular flexibility index (Phi) is 7.01. The van der Waals surface area contributed by atoms with Gasteiger partial charge in [-0.15, -0.1) is 0 Å². The summed E-state index contributed by atoms with van der Waals surface area (Å²) in [6, 6.07) is 21.3. The van der Waals surface area contributed by atoms with E-state index in [1.165, 1.54) is 18.3 Å². The number of carbonyl (C=O) groups excluding carboxylic acids is 2. The Labute approximate surface area is 180 Å². The van der Waals surface area contributed by atoms with Gasteiger partial charge in [-0.25, -0.2) is 5.43 Å². The van der Waals surface area contributed by atoms with Gasteiger partial charge in [-0.1, -0.05) is 60.7 Å². The topological polar surface area (TPSA) is 111 Å². The summed E-state index contributed by atoms with van der Waals surface area (Å²) in [4.78, 5) is 25.0. The van der Waals surface area contributed by atoms with E-state index < -0.39 is 11.8 Å². The van der Waals surface area contributed by atoms with Gasteiger partial charge < -0.3 is 15.5 Å². The van der Waals surface area contributed by atoms with Crippen molar-refractivity contribution in [3.8, 4) is 11.5 Å². The summed E-state index contributed by atoms with van der Waals surface area (Å²) in [6.07, 6.45) is 1.28. The molecule has 0 aliphatic heterocycles. The van der Waals surface area contributed by atoms with Crippen molar-refractivity contribution in [3.63, 3.8) is 0 Å². The van der Waals surface area contributed by atoms with Gasteiger partial charge in [0.15, 0.2) is 0 Å². The molecule has 7 heteroatoms. The lowest BCUT2D eigenvalue weighted by Crippen LogP contribution is -2.37. The summed E-state index contributed by atoms with van der Waals surface area (Å²) in [6.45, 7) is 1.43. The van der Waals surface area contributed by atoms with Gasteiger partial charge >= 0.3 is 0 Å². The zero-order valence-corrected chi connectivity index (χ0v) is 16.9. The van der Waals surface area contributed by atoms with Crippen LogP contribution in [0.1, 0.15) is 28.2 Å². The molecule has 3 aromatic rings. The van der Waals surface area contributed by atoms with Crippen LogP contribution in [0.2, 0.25) is 0 Å². The molecule has 158 valence electrons. The van der Waals surface area contributed by atoms with Gasteiger partial charge in [-0.05, 0) is 29.7 Å². The standard InChI is InChI=1S/C24H23N3O4/c1-16-12-19(28)13-21(29)20(16)14-26-27-22(30)15-25-24(31)23(17-8-4-2-5-9-17)18-10-6-3-7-11-18/h2-14,23,28-29H,15H2,1H3,(H,25,31)(H,27,30)/b26-14-. The molecule has 7 nitrogen and oxygen atoms in total. The van der Waals surface area contributed by atoms with Crippen molar-refractivity contribution in [2.24, 2.45) is 5.10 Å². The minimum atomic E-state index is -0.546. The van der Waals surface area contributed by atoms with E-state index in [-0.39, 0.29) is 24.0 Å². The van der Waals surface area contributed by atoms with Crippen LogP contribution in [-0.4, -0.2) is 34.8 Å². The quantitative estimate of drug-likeness (QED) is 0.350. The molecule has 31 heavy (non-hydrogen) atoms. The first-order chi connectivity index (χ1) is 15.0. The third-order valence-corrected chi connectivity index (χ3v) is 4.68. The Morgan fingerprint density at radius 1 is 0.968 bits per heavy atom. The summed E-state index contributed by atoms with van der Waals surface area (Å²) < 4.78 is 0. The number of benzene rings is 3. The monoisotopic (exact) mass is 417 g/mol. The number of aromatic hydroxyl groups is 2.